The van der Waals surface area contributed by atoms with E-state index < -0.39 is 0 Å². The van der Waals surface area contributed by atoms with Crippen molar-refractivity contribution in [3.8, 4) is 0 Å². The van der Waals surface area contributed by atoms with Gasteiger partial charge in [0.2, 0.25) is 0 Å². The van der Waals surface area contributed by atoms with Crippen molar-refractivity contribution in [3.63, 3.8) is 0 Å². The van der Waals surface area contributed by atoms with Crippen molar-refractivity contribution in [1.29, 1.82) is 0 Å². The van der Waals surface area contributed by atoms with Crippen molar-refractivity contribution < 1.29 is 19.1 Å². The summed E-state index contributed by atoms with van der Waals surface area (Å²) in [4.78, 5) is 26.8. The molecule has 5 rings (SSSR count). The maximum Gasteiger partial charge on any atom is 0.312 e. The molecule has 5 aliphatic rings. The van der Waals surface area contributed by atoms with Crippen molar-refractivity contribution in [2.24, 2.45) is 50.2 Å². The molecule has 0 N–H and O–H groups in total. The van der Waals surface area contributed by atoms with Gasteiger partial charge in [-0.3, -0.25) is 9.59 Å². The molecular weight excluding hydrogens is 629 g/mol. The van der Waals surface area contributed by atoms with Crippen LogP contribution in [0.25, 0.3) is 0 Å². The number of ether oxygens (including phenoxy) is 2. The van der Waals surface area contributed by atoms with Crippen molar-refractivity contribution >= 4 is 11.9 Å². The first kappa shape index (κ1) is 40.9. The van der Waals surface area contributed by atoms with Crippen molar-refractivity contribution in [1.82, 2.24) is 0 Å². The van der Waals surface area contributed by atoms with Gasteiger partial charge in [0, 0.05) is 11.8 Å². The Bertz CT molecular complexity index is 1230. The standard InChI is InChI=1S/C47H80O4/c1-10-11-12-13-14-15-16-17-18-19-20-21-22-23-40(48)51-39-27-28-44(6)37(43(39,4)5)26-29-46(8)38(44)25-24-35-36-34-42(2,3)30-32-47(36,41(49)50-9)33-31-45(35,46)7/h24,36-39H,10-23,25-34H2,1-9H3/t36-,37-,38+,39-,44-,45+,46+,47-/m0/s1. The molecule has 0 aromatic rings. The molecule has 0 saturated heterocycles. The lowest BCUT2D eigenvalue weighted by Gasteiger charge is -2.71. The fourth-order valence-corrected chi connectivity index (χ4v) is 13.5. The topological polar surface area (TPSA) is 52.6 Å². The molecule has 0 spiro atoms. The van der Waals surface area contributed by atoms with Gasteiger partial charge in [-0.15, -0.1) is 0 Å². The first-order chi connectivity index (χ1) is 24.1. The number of esters is 2. The molecule has 4 saturated carbocycles. The van der Waals surface area contributed by atoms with Gasteiger partial charge in [0.25, 0.3) is 0 Å². The quantitative estimate of drug-likeness (QED) is 0.0910. The summed E-state index contributed by atoms with van der Waals surface area (Å²) in [5.74, 6) is 1.50. The zero-order valence-electron chi connectivity index (χ0n) is 35.0. The van der Waals surface area contributed by atoms with Crippen LogP contribution in [0.15, 0.2) is 11.6 Å². The minimum Gasteiger partial charge on any atom is -0.469 e. The van der Waals surface area contributed by atoms with Crippen molar-refractivity contribution in [3.05, 3.63) is 11.6 Å². The summed E-state index contributed by atoms with van der Waals surface area (Å²) in [7, 11) is 1.60. The fourth-order valence-electron chi connectivity index (χ4n) is 13.5. The van der Waals surface area contributed by atoms with Gasteiger partial charge in [0.05, 0.1) is 12.5 Å². The van der Waals surface area contributed by atoms with E-state index in [0.29, 0.717) is 18.3 Å². The molecule has 0 aromatic heterocycles. The number of fused-ring (bicyclic) bond motifs is 7. The van der Waals surface area contributed by atoms with Crippen LogP contribution < -0.4 is 0 Å². The highest BCUT2D eigenvalue weighted by molar-refractivity contribution is 5.78. The second-order valence-corrected chi connectivity index (χ2v) is 20.7. The first-order valence-corrected chi connectivity index (χ1v) is 22.1. The van der Waals surface area contributed by atoms with Crippen LogP contribution in [0.1, 0.15) is 209 Å². The van der Waals surface area contributed by atoms with E-state index in [4.69, 9.17) is 9.47 Å². The number of carbonyl (C=O) groups is 2. The number of allylic oxidation sites excluding steroid dienone is 2. The Kier molecular flexibility index (Phi) is 13.0. The molecule has 4 fully saturated rings. The van der Waals surface area contributed by atoms with E-state index in [9.17, 15) is 9.59 Å². The van der Waals surface area contributed by atoms with Gasteiger partial charge in [-0.25, -0.2) is 0 Å². The summed E-state index contributed by atoms with van der Waals surface area (Å²) in [5, 5.41) is 0. The second kappa shape index (κ2) is 16.2. The number of unbranched alkanes of at least 4 members (excludes halogenated alkanes) is 12. The molecule has 0 radical (unpaired) electrons. The van der Waals surface area contributed by atoms with Crippen LogP contribution in [0.5, 0.6) is 0 Å². The summed E-state index contributed by atoms with van der Waals surface area (Å²) < 4.78 is 12.0. The molecule has 0 aliphatic heterocycles. The third kappa shape index (κ3) is 7.79. The lowest BCUT2D eigenvalue weighted by molar-refractivity contribution is -0.214. The zero-order valence-corrected chi connectivity index (χ0v) is 35.0. The Morgan fingerprint density at radius 3 is 1.90 bits per heavy atom. The number of methoxy groups -OCH3 is 1. The van der Waals surface area contributed by atoms with Gasteiger partial charge in [-0.1, -0.05) is 144 Å². The van der Waals surface area contributed by atoms with Crippen LogP contribution in [0.4, 0.5) is 0 Å². The van der Waals surface area contributed by atoms with E-state index in [2.05, 4.69) is 61.5 Å². The highest BCUT2D eigenvalue weighted by Gasteiger charge is 2.69. The van der Waals surface area contributed by atoms with Crippen LogP contribution in [0.2, 0.25) is 0 Å². The highest BCUT2D eigenvalue weighted by Crippen LogP contribution is 2.76. The molecule has 0 amide bonds. The summed E-state index contributed by atoms with van der Waals surface area (Å²) in [6.07, 6.45) is 31.2. The van der Waals surface area contributed by atoms with Crippen LogP contribution >= 0.6 is 0 Å². The van der Waals surface area contributed by atoms with Gasteiger partial charge in [0.1, 0.15) is 6.10 Å². The minimum atomic E-state index is -0.350. The van der Waals surface area contributed by atoms with Crippen LogP contribution in [-0.4, -0.2) is 25.2 Å². The average molecular weight is 709 g/mol. The maximum atomic E-state index is 13.6. The summed E-state index contributed by atoms with van der Waals surface area (Å²) in [6, 6.07) is 0. The van der Waals surface area contributed by atoms with Crippen LogP contribution in [0, 0.1) is 50.2 Å². The van der Waals surface area contributed by atoms with E-state index in [1.165, 1.54) is 83.5 Å². The van der Waals surface area contributed by atoms with Crippen molar-refractivity contribution in [2.45, 2.75) is 216 Å². The smallest absolute Gasteiger partial charge is 0.312 e. The predicted octanol–water partition coefficient (Wildman–Crippen LogP) is 13.4. The predicted molar refractivity (Wildman–Crippen MR) is 211 cm³/mol. The van der Waals surface area contributed by atoms with E-state index in [1.807, 2.05) is 0 Å². The molecule has 4 heteroatoms. The van der Waals surface area contributed by atoms with Gasteiger partial charge in [0.15, 0.2) is 0 Å². The van der Waals surface area contributed by atoms with Gasteiger partial charge >= 0.3 is 11.9 Å². The Balaban J connectivity index is 1.16. The van der Waals surface area contributed by atoms with Gasteiger partial charge in [-0.05, 0) is 110 Å². The molecule has 292 valence electrons. The first-order valence-electron chi connectivity index (χ1n) is 22.1. The molecule has 0 unspecified atom stereocenters. The molecule has 51 heavy (non-hydrogen) atoms. The Labute approximate surface area is 314 Å². The third-order valence-electron chi connectivity index (χ3n) is 16.9. The Hall–Kier alpha value is -1.32. The Morgan fingerprint density at radius 2 is 1.29 bits per heavy atom. The number of rotatable bonds is 16. The summed E-state index contributed by atoms with van der Waals surface area (Å²) in [5.41, 5.74) is 1.96. The van der Waals surface area contributed by atoms with Crippen LogP contribution in [0.3, 0.4) is 0 Å². The molecule has 0 heterocycles. The highest BCUT2D eigenvalue weighted by atomic mass is 16.5. The number of hydrogen-bond acceptors (Lipinski definition) is 4. The van der Waals surface area contributed by atoms with E-state index in [-0.39, 0.29) is 56.5 Å². The lowest BCUT2D eigenvalue weighted by atomic mass is 9.33. The Morgan fingerprint density at radius 1 is 0.706 bits per heavy atom. The molecule has 5 aliphatic carbocycles. The molecule has 0 bridgehead atoms. The van der Waals surface area contributed by atoms with E-state index in [1.54, 1.807) is 12.7 Å². The third-order valence-corrected chi connectivity index (χ3v) is 16.9. The monoisotopic (exact) mass is 709 g/mol. The minimum absolute atomic E-state index is 0.0134. The van der Waals surface area contributed by atoms with Gasteiger partial charge < -0.3 is 9.47 Å². The molecule has 8 atom stereocenters. The lowest BCUT2D eigenvalue weighted by Crippen LogP contribution is -2.65. The number of carbonyl (C=O) groups excluding carboxylic acids is 2. The van der Waals surface area contributed by atoms with E-state index >= 15 is 0 Å². The second-order valence-electron chi connectivity index (χ2n) is 20.7. The zero-order chi connectivity index (χ0) is 37.1. The summed E-state index contributed by atoms with van der Waals surface area (Å²) in [6.45, 7) is 19.8. The number of hydrogen-bond donors (Lipinski definition) is 0. The maximum absolute atomic E-state index is 13.6. The molecule has 0 aromatic carbocycles. The summed E-state index contributed by atoms with van der Waals surface area (Å²) >= 11 is 0. The fraction of sp³-hybridized carbons (Fsp3) is 0.915. The molecule has 4 nitrogen and oxygen atoms in total. The van der Waals surface area contributed by atoms with Crippen molar-refractivity contribution in [2.75, 3.05) is 7.11 Å². The largest absolute Gasteiger partial charge is 0.469 e. The van der Waals surface area contributed by atoms with Crippen LogP contribution in [-0.2, 0) is 19.1 Å². The SMILES string of the molecule is CCCCCCCCCCCCCCCC(=O)O[C@H]1CC[C@]2(C)[C@H]3CC=C4[C@@H]5CC(C)(C)CC[C@]5(C(=O)OC)CC[C@@]4(C)[C@]3(C)CC[C@H]2C1(C)C. The van der Waals surface area contributed by atoms with E-state index in [0.717, 1.165) is 64.2 Å². The average Bonchev–Trinajstić information content (AvgIpc) is 3.08. The normalized spacial score (nSPS) is 37.9. The van der Waals surface area contributed by atoms with Gasteiger partial charge in [-0.2, -0.15) is 0 Å². The molecular formula is C47H80O4.